The molecule has 0 saturated heterocycles. The fraction of sp³-hybridized carbons (Fsp3) is 0.250. The van der Waals surface area contributed by atoms with Crippen molar-refractivity contribution in [2.45, 2.75) is 6.10 Å². The number of fused-ring (bicyclic) bond motifs is 1. The minimum atomic E-state index is -1.16. The van der Waals surface area contributed by atoms with Crippen LogP contribution in [0, 0.1) is 0 Å². The molecule has 0 aliphatic heterocycles. The SMILES string of the molecule is COCC(=O)Oc1cc(OC(=O)COC)c2c(=O)c(-c3ccc([C@H](OC)C(=O)O)cc3)coc2c1. The number of methoxy groups -OCH3 is 3. The van der Waals surface area contributed by atoms with E-state index in [1.54, 1.807) is 12.1 Å². The lowest BCUT2D eigenvalue weighted by atomic mass is 10.0. The van der Waals surface area contributed by atoms with Gasteiger partial charge in [-0.3, -0.25) is 4.79 Å². The first-order valence-electron chi connectivity index (χ1n) is 10.1. The lowest BCUT2D eigenvalue weighted by Gasteiger charge is -2.12. The van der Waals surface area contributed by atoms with Crippen LogP contribution in [0.1, 0.15) is 11.7 Å². The zero-order chi connectivity index (χ0) is 25.5. The summed E-state index contributed by atoms with van der Waals surface area (Å²) in [6, 6.07) is 8.63. The molecule has 1 N–H and O–H groups in total. The average molecular weight is 486 g/mol. The van der Waals surface area contributed by atoms with Crippen LogP contribution in [0.4, 0.5) is 0 Å². The molecule has 0 aliphatic carbocycles. The summed E-state index contributed by atoms with van der Waals surface area (Å²) in [7, 11) is 3.90. The Morgan fingerprint density at radius 1 is 0.943 bits per heavy atom. The average Bonchev–Trinajstić information content (AvgIpc) is 2.80. The summed E-state index contributed by atoms with van der Waals surface area (Å²) in [4.78, 5) is 48.6. The van der Waals surface area contributed by atoms with Crippen molar-refractivity contribution in [3.8, 4) is 22.6 Å². The number of carbonyl (C=O) groups excluding carboxylic acids is 2. The first-order valence-corrected chi connectivity index (χ1v) is 10.1. The van der Waals surface area contributed by atoms with Crippen molar-refractivity contribution in [3.05, 3.63) is 58.4 Å². The van der Waals surface area contributed by atoms with Gasteiger partial charge in [-0.25, -0.2) is 14.4 Å². The Kier molecular flexibility index (Phi) is 8.31. The van der Waals surface area contributed by atoms with E-state index in [4.69, 9.17) is 28.1 Å². The fourth-order valence-electron chi connectivity index (χ4n) is 3.30. The minimum Gasteiger partial charge on any atom is -0.479 e. The van der Waals surface area contributed by atoms with Crippen LogP contribution >= 0.6 is 0 Å². The lowest BCUT2D eigenvalue weighted by Crippen LogP contribution is -2.17. The highest BCUT2D eigenvalue weighted by Crippen LogP contribution is 2.32. The van der Waals surface area contributed by atoms with Gasteiger partial charge in [-0.05, 0) is 11.1 Å². The molecule has 0 amide bonds. The molecule has 0 fully saturated rings. The van der Waals surface area contributed by atoms with Crippen LogP contribution in [0.15, 0.2) is 51.9 Å². The highest BCUT2D eigenvalue weighted by atomic mass is 16.6. The summed E-state index contributed by atoms with van der Waals surface area (Å²) in [5.41, 5.74) is 0.403. The van der Waals surface area contributed by atoms with E-state index in [0.717, 1.165) is 0 Å². The molecule has 0 radical (unpaired) electrons. The van der Waals surface area contributed by atoms with E-state index in [1.165, 1.54) is 51.9 Å². The van der Waals surface area contributed by atoms with Gasteiger partial charge in [0.1, 0.15) is 41.9 Å². The van der Waals surface area contributed by atoms with Crippen molar-refractivity contribution >= 4 is 28.9 Å². The predicted molar refractivity (Wildman–Crippen MR) is 120 cm³/mol. The number of carbonyl (C=O) groups is 3. The van der Waals surface area contributed by atoms with Gasteiger partial charge >= 0.3 is 17.9 Å². The highest BCUT2D eigenvalue weighted by Gasteiger charge is 2.21. The Labute approximate surface area is 198 Å². The normalized spacial score (nSPS) is 11.7. The zero-order valence-corrected chi connectivity index (χ0v) is 19.1. The number of benzene rings is 2. The maximum Gasteiger partial charge on any atom is 0.337 e. The Morgan fingerprint density at radius 3 is 2.14 bits per heavy atom. The van der Waals surface area contributed by atoms with E-state index in [1.807, 2.05) is 0 Å². The highest BCUT2D eigenvalue weighted by molar-refractivity contribution is 5.91. The van der Waals surface area contributed by atoms with Crippen LogP contribution in [0.3, 0.4) is 0 Å². The van der Waals surface area contributed by atoms with Gasteiger partial charge < -0.3 is 33.2 Å². The van der Waals surface area contributed by atoms with Crippen molar-refractivity contribution in [2.24, 2.45) is 0 Å². The maximum atomic E-state index is 13.4. The van der Waals surface area contributed by atoms with Gasteiger partial charge in [0, 0.05) is 33.5 Å². The van der Waals surface area contributed by atoms with Crippen LogP contribution in [-0.2, 0) is 28.6 Å². The van der Waals surface area contributed by atoms with Crippen LogP contribution < -0.4 is 14.9 Å². The summed E-state index contributed by atoms with van der Waals surface area (Å²) in [6.07, 6.45) is 0.0368. The number of carboxylic acids is 1. The molecule has 0 aliphatic rings. The molecule has 0 spiro atoms. The van der Waals surface area contributed by atoms with Crippen LogP contribution in [0.25, 0.3) is 22.1 Å². The summed E-state index contributed by atoms with van der Waals surface area (Å²) >= 11 is 0. The van der Waals surface area contributed by atoms with Crippen LogP contribution in [0.2, 0.25) is 0 Å². The number of hydrogen-bond acceptors (Lipinski definition) is 10. The number of esters is 2. The molecule has 0 saturated carbocycles. The molecule has 35 heavy (non-hydrogen) atoms. The van der Waals surface area contributed by atoms with Crippen molar-refractivity contribution in [1.29, 1.82) is 0 Å². The van der Waals surface area contributed by atoms with Gasteiger partial charge in [0.15, 0.2) is 6.10 Å². The van der Waals surface area contributed by atoms with E-state index >= 15 is 0 Å². The van der Waals surface area contributed by atoms with E-state index in [-0.39, 0.29) is 41.2 Å². The van der Waals surface area contributed by atoms with E-state index in [0.29, 0.717) is 11.1 Å². The molecule has 3 rings (SSSR count). The summed E-state index contributed by atoms with van der Waals surface area (Å²) in [6.45, 7) is -0.701. The van der Waals surface area contributed by atoms with Gasteiger partial charge in [0.2, 0.25) is 5.43 Å². The second kappa shape index (κ2) is 11.4. The van der Waals surface area contributed by atoms with Gasteiger partial charge in [0.05, 0.1) is 5.56 Å². The van der Waals surface area contributed by atoms with Gasteiger partial charge in [-0.15, -0.1) is 0 Å². The number of aliphatic carboxylic acids is 1. The minimum absolute atomic E-state index is 0.00336. The second-order valence-corrected chi connectivity index (χ2v) is 7.16. The first kappa shape index (κ1) is 25.6. The van der Waals surface area contributed by atoms with E-state index < -0.39 is 29.4 Å². The molecular weight excluding hydrogens is 464 g/mol. The van der Waals surface area contributed by atoms with Crippen molar-refractivity contribution in [3.63, 3.8) is 0 Å². The molecule has 0 bridgehead atoms. The van der Waals surface area contributed by atoms with Gasteiger partial charge in [-0.2, -0.15) is 0 Å². The Bertz CT molecular complexity index is 1290. The van der Waals surface area contributed by atoms with Crippen molar-refractivity contribution < 1.29 is 47.6 Å². The Balaban J connectivity index is 2.09. The molecule has 11 heteroatoms. The summed E-state index contributed by atoms with van der Waals surface area (Å²) < 4.78 is 30.5. The standard InChI is InChI=1S/C24H22O11/c1-30-11-19(25)34-15-8-17-21(18(9-15)35-20(26)12-31-2)22(27)16(10-33-17)13-4-6-14(7-5-13)23(32-3)24(28)29/h4-10,23H,11-12H2,1-3H3,(H,28,29)/t23-/m0/s1. The monoisotopic (exact) mass is 486 g/mol. The topological polar surface area (TPSA) is 148 Å². The summed E-state index contributed by atoms with van der Waals surface area (Å²) in [5, 5.41) is 9.18. The third kappa shape index (κ3) is 5.90. The van der Waals surface area contributed by atoms with Crippen LogP contribution in [0.5, 0.6) is 11.5 Å². The second-order valence-electron chi connectivity index (χ2n) is 7.16. The first-order chi connectivity index (χ1) is 16.8. The van der Waals surface area contributed by atoms with Crippen LogP contribution in [-0.4, -0.2) is 57.6 Å². The molecule has 1 atom stereocenters. The van der Waals surface area contributed by atoms with E-state index in [2.05, 4.69) is 0 Å². The third-order valence-electron chi connectivity index (χ3n) is 4.78. The maximum absolute atomic E-state index is 13.4. The largest absolute Gasteiger partial charge is 0.479 e. The number of rotatable bonds is 10. The lowest BCUT2D eigenvalue weighted by molar-refractivity contribution is -0.149. The smallest absolute Gasteiger partial charge is 0.337 e. The molecule has 1 heterocycles. The van der Waals surface area contributed by atoms with Crippen molar-refractivity contribution in [2.75, 3.05) is 34.5 Å². The quantitative estimate of drug-likeness (QED) is 0.332. The molecule has 2 aromatic carbocycles. The number of ether oxygens (including phenoxy) is 5. The van der Waals surface area contributed by atoms with Crippen molar-refractivity contribution in [1.82, 2.24) is 0 Å². The Hall–Kier alpha value is -4.06. The van der Waals surface area contributed by atoms with Gasteiger partial charge in [-0.1, -0.05) is 24.3 Å². The zero-order valence-electron chi connectivity index (χ0n) is 19.1. The Morgan fingerprint density at radius 2 is 1.57 bits per heavy atom. The van der Waals surface area contributed by atoms with E-state index in [9.17, 15) is 24.3 Å². The molecule has 11 nitrogen and oxygen atoms in total. The molecule has 3 aromatic rings. The molecule has 184 valence electrons. The molecule has 1 aromatic heterocycles. The fourth-order valence-corrected chi connectivity index (χ4v) is 3.30. The summed E-state index contributed by atoms with van der Waals surface area (Å²) in [5.74, 6) is -2.88. The third-order valence-corrected chi connectivity index (χ3v) is 4.78. The van der Waals surface area contributed by atoms with Gasteiger partial charge in [0.25, 0.3) is 0 Å². The molecule has 0 unspecified atom stereocenters. The number of hydrogen-bond donors (Lipinski definition) is 1. The predicted octanol–water partition coefficient (Wildman–Crippen LogP) is 2.34. The molecular formula is C24H22O11. The number of carboxylic acid groups (broad SMARTS) is 1.